The van der Waals surface area contributed by atoms with Crippen LogP contribution in [0.15, 0.2) is 55.0 Å². The Balaban J connectivity index is 1.50. The van der Waals surface area contributed by atoms with Gasteiger partial charge >= 0.3 is 0 Å². The van der Waals surface area contributed by atoms with Gasteiger partial charge in [-0.25, -0.2) is 4.39 Å². The number of nitrogens with zero attached hydrogens (tertiary/aromatic N) is 4. The minimum Gasteiger partial charge on any atom is -0.368 e. The second kappa shape index (κ2) is 7.96. The molecule has 0 unspecified atom stereocenters. The molecule has 0 saturated carbocycles. The zero-order valence-electron chi connectivity index (χ0n) is 13.0. The summed E-state index contributed by atoms with van der Waals surface area (Å²) in [6.45, 7) is 1.25. The van der Waals surface area contributed by atoms with Crippen molar-refractivity contribution < 1.29 is 4.39 Å². The van der Waals surface area contributed by atoms with E-state index in [1.807, 2.05) is 12.1 Å². The molecule has 0 saturated heterocycles. The second-order valence-electron chi connectivity index (χ2n) is 5.18. The van der Waals surface area contributed by atoms with E-state index in [9.17, 15) is 4.39 Å². The third-order valence-corrected chi connectivity index (χ3v) is 3.37. The number of pyridine rings is 1. The fraction of sp³-hybridized carbons (Fsp3) is 0.176. The van der Waals surface area contributed by atoms with Crippen molar-refractivity contribution in [2.24, 2.45) is 0 Å². The molecular formula is C17H17FN6. The minimum absolute atomic E-state index is 0.226. The van der Waals surface area contributed by atoms with Crippen LogP contribution in [0.3, 0.4) is 0 Å². The maximum absolute atomic E-state index is 12.9. The molecule has 0 amide bonds. The van der Waals surface area contributed by atoms with Gasteiger partial charge in [0.1, 0.15) is 5.82 Å². The molecule has 3 rings (SSSR count). The zero-order chi connectivity index (χ0) is 16.6. The Kier molecular flexibility index (Phi) is 5.24. The van der Waals surface area contributed by atoms with Crippen LogP contribution in [0.4, 0.5) is 16.2 Å². The summed E-state index contributed by atoms with van der Waals surface area (Å²) in [6.07, 6.45) is 5.85. The zero-order valence-corrected chi connectivity index (χ0v) is 13.0. The quantitative estimate of drug-likeness (QED) is 0.696. The molecule has 24 heavy (non-hydrogen) atoms. The van der Waals surface area contributed by atoms with Gasteiger partial charge in [0.2, 0.25) is 5.95 Å². The fourth-order valence-corrected chi connectivity index (χ4v) is 2.13. The summed E-state index contributed by atoms with van der Waals surface area (Å²) < 4.78 is 12.9. The normalized spacial score (nSPS) is 10.4. The van der Waals surface area contributed by atoms with Crippen LogP contribution in [0.1, 0.15) is 11.1 Å². The average Bonchev–Trinajstić information content (AvgIpc) is 2.63. The summed E-state index contributed by atoms with van der Waals surface area (Å²) in [4.78, 5) is 8.41. The first-order valence-corrected chi connectivity index (χ1v) is 7.60. The summed E-state index contributed by atoms with van der Waals surface area (Å²) in [5, 5.41) is 14.2. The van der Waals surface area contributed by atoms with E-state index in [-0.39, 0.29) is 5.82 Å². The van der Waals surface area contributed by atoms with Gasteiger partial charge in [-0.1, -0.05) is 18.2 Å². The average molecular weight is 324 g/mol. The number of anilines is 2. The molecule has 0 atom stereocenters. The number of hydrogen-bond donors (Lipinski definition) is 2. The molecule has 2 heterocycles. The Morgan fingerprint density at radius 3 is 2.62 bits per heavy atom. The van der Waals surface area contributed by atoms with Gasteiger partial charge in [0, 0.05) is 25.5 Å². The standard InChI is InChI=1S/C17H17FN6/c18-15-5-3-13(4-6-15)7-9-20-16-12-22-24-17(23-16)21-11-14-2-1-8-19-10-14/h1-6,8,10,12H,7,9,11H2,(H2,20,21,23,24). The van der Waals surface area contributed by atoms with E-state index >= 15 is 0 Å². The van der Waals surface area contributed by atoms with Crippen LogP contribution in [0.2, 0.25) is 0 Å². The van der Waals surface area contributed by atoms with Crippen molar-refractivity contribution in [3.05, 3.63) is 71.9 Å². The van der Waals surface area contributed by atoms with Crippen LogP contribution in [-0.4, -0.2) is 26.7 Å². The Labute approximate surface area is 139 Å². The van der Waals surface area contributed by atoms with Crippen LogP contribution >= 0.6 is 0 Å². The molecule has 2 aromatic heterocycles. The Morgan fingerprint density at radius 2 is 1.83 bits per heavy atom. The molecule has 0 aliphatic heterocycles. The van der Waals surface area contributed by atoms with Gasteiger partial charge in [-0.2, -0.15) is 10.1 Å². The molecule has 0 aliphatic rings. The molecule has 0 fully saturated rings. The highest BCUT2D eigenvalue weighted by molar-refractivity contribution is 5.37. The lowest BCUT2D eigenvalue weighted by Crippen LogP contribution is -2.10. The molecular weight excluding hydrogens is 307 g/mol. The maximum atomic E-state index is 12.9. The Morgan fingerprint density at radius 1 is 0.958 bits per heavy atom. The molecule has 1 aromatic carbocycles. The van der Waals surface area contributed by atoms with Gasteiger partial charge < -0.3 is 10.6 Å². The van der Waals surface area contributed by atoms with Crippen LogP contribution in [0.5, 0.6) is 0 Å². The topological polar surface area (TPSA) is 75.6 Å². The van der Waals surface area contributed by atoms with Crippen LogP contribution in [0.25, 0.3) is 0 Å². The minimum atomic E-state index is -0.226. The Bertz CT molecular complexity index is 764. The number of benzene rings is 1. The van der Waals surface area contributed by atoms with Crippen molar-refractivity contribution in [3.63, 3.8) is 0 Å². The molecule has 0 spiro atoms. The van der Waals surface area contributed by atoms with Crippen molar-refractivity contribution in [1.82, 2.24) is 20.2 Å². The van der Waals surface area contributed by atoms with E-state index in [1.165, 1.54) is 12.1 Å². The number of aromatic nitrogens is 4. The van der Waals surface area contributed by atoms with E-state index in [4.69, 9.17) is 0 Å². The Hall–Kier alpha value is -3.09. The number of halogens is 1. The molecule has 0 bridgehead atoms. The third kappa shape index (κ3) is 4.70. The van der Waals surface area contributed by atoms with Crippen LogP contribution < -0.4 is 10.6 Å². The molecule has 7 heteroatoms. The van der Waals surface area contributed by atoms with Crippen molar-refractivity contribution in [2.45, 2.75) is 13.0 Å². The largest absolute Gasteiger partial charge is 0.368 e. The van der Waals surface area contributed by atoms with Crippen LogP contribution in [0, 0.1) is 5.82 Å². The first kappa shape index (κ1) is 15.8. The van der Waals surface area contributed by atoms with E-state index in [2.05, 4.69) is 30.8 Å². The van der Waals surface area contributed by atoms with E-state index in [0.717, 1.165) is 17.5 Å². The van der Waals surface area contributed by atoms with Crippen LogP contribution in [-0.2, 0) is 13.0 Å². The highest BCUT2D eigenvalue weighted by Gasteiger charge is 2.01. The monoisotopic (exact) mass is 324 g/mol. The first-order valence-electron chi connectivity index (χ1n) is 7.60. The lowest BCUT2D eigenvalue weighted by atomic mass is 10.1. The lowest BCUT2D eigenvalue weighted by molar-refractivity contribution is 0.627. The highest BCUT2D eigenvalue weighted by atomic mass is 19.1. The van der Waals surface area contributed by atoms with Crippen molar-refractivity contribution >= 4 is 11.8 Å². The fourth-order valence-electron chi connectivity index (χ4n) is 2.13. The number of nitrogens with one attached hydrogen (secondary N) is 2. The molecule has 0 aliphatic carbocycles. The predicted molar refractivity (Wildman–Crippen MR) is 90.0 cm³/mol. The van der Waals surface area contributed by atoms with Gasteiger partial charge in [0.05, 0.1) is 6.20 Å². The SMILES string of the molecule is Fc1ccc(CCNc2cnnc(NCc3cccnc3)n2)cc1. The number of hydrogen-bond acceptors (Lipinski definition) is 6. The highest BCUT2D eigenvalue weighted by Crippen LogP contribution is 2.07. The third-order valence-electron chi connectivity index (χ3n) is 3.37. The van der Waals surface area contributed by atoms with Gasteiger partial charge in [-0.3, -0.25) is 4.98 Å². The second-order valence-corrected chi connectivity index (χ2v) is 5.18. The molecule has 122 valence electrons. The van der Waals surface area contributed by atoms with Crippen molar-refractivity contribution in [2.75, 3.05) is 17.2 Å². The van der Waals surface area contributed by atoms with Gasteiger partial charge in [-0.15, -0.1) is 5.10 Å². The van der Waals surface area contributed by atoms with E-state index < -0.39 is 0 Å². The summed E-state index contributed by atoms with van der Waals surface area (Å²) >= 11 is 0. The van der Waals surface area contributed by atoms with Gasteiger partial charge in [-0.05, 0) is 35.7 Å². The summed E-state index contributed by atoms with van der Waals surface area (Å²) in [7, 11) is 0. The van der Waals surface area contributed by atoms with E-state index in [0.29, 0.717) is 24.9 Å². The van der Waals surface area contributed by atoms with Gasteiger partial charge in [0.15, 0.2) is 5.82 Å². The molecule has 3 aromatic rings. The van der Waals surface area contributed by atoms with Crippen molar-refractivity contribution in [3.8, 4) is 0 Å². The molecule has 0 radical (unpaired) electrons. The summed E-state index contributed by atoms with van der Waals surface area (Å²) in [5.41, 5.74) is 2.09. The number of rotatable bonds is 7. The first-order chi connectivity index (χ1) is 11.8. The smallest absolute Gasteiger partial charge is 0.244 e. The lowest BCUT2D eigenvalue weighted by Gasteiger charge is -2.07. The van der Waals surface area contributed by atoms with E-state index in [1.54, 1.807) is 30.7 Å². The van der Waals surface area contributed by atoms with Gasteiger partial charge in [0.25, 0.3) is 0 Å². The summed E-state index contributed by atoms with van der Waals surface area (Å²) in [5.74, 6) is 0.863. The van der Waals surface area contributed by atoms with Crippen molar-refractivity contribution in [1.29, 1.82) is 0 Å². The molecule has 2 N–H and O–H groups in total. The molecule has 6 nitrogen and oxygen atoms in total. The predicted octanol–water partition coefficient (Wildman–Crippen LogP) is 2.67. The summed E-state index contributed by atoms with van der Waals surface area (Å²) in [6, 6.07) is 10.3. The maximum Gasteiger partial charge on any atom is 0.244 e.